The van der Waals surface area contributed by atoms with Gasteiger partial charge in [-0.05, 0) is 34.5 Å². The Hall–Kier alpha value is -3.87. The first-order valence-corrected chi connectivity index (χ1v) is 9.70. The van der Waals surface area contributed by atoms with Gasteiger partial charge in [0, 0.05) is 30.1 Å². The molecule has 0 aliphatic rings. The van der Waals surface area contributed by atoms with Gasteiger partial charge in [-0.15, -0.1) is 0 Å². The maximum atomic E-state index is 13.9. The molecule has 1 aromatic heterocycles. The number of methoxy groups -OCH3 is 1. The first-order valence-electron chi connectivity index (χ1n) is 9.70. The highest BCUT2D eigenvalue weighted by Gasteiger charge is 2.25. The van der Waals surface area contributed by atoms with Crippen LogP contribution < -0.4 is 0 Å². The summed E-state index contributed by atoms with van der Waals surface area (Å²) in [5.41, 5.74) is 2.13. The molecule has 0 saturated carbocycles. The Morgan fingerprint density at radius 2 is 1.84 bits per heavy atom. The van der Waals surface area contributed by atoms with Gasteiger partial charge in [-0.1, -0.05) is 42.5 Å². The lowest BCUT2D eigenvalue weighted by Crippen LogP contribution is -2.27. The normalized spacial score (nSPS) is 11.1. The Kier molecular flexibility index (Phi) is 5.33. The van der Waals surface area contributed by atoms with Crippen molar-refractivity contribution >= 4 is 33.7 Å². The average Bonchev–Trinajstić information content (AvgIpc) is 3.07. The maximum Gasteiger partial charge on any atom is 0.409 e. The fourth-order valence-corrected chi connectivity index (χ4v) is 4.02. The van der Waals surface area contributed by atoms with Crippen LogP contribution in [0.15, 0.2) is 60.7 Å². The van der Waals surface area contributed by atoms with Crippen LogP contribution >= 0.6 is 0 Å². The summed E-state index contributed by atoms with van der Waals surface area (Å²) in [5, 5.41) is 12.4. The number of amides is 1. The van der Waals surface area contributed by atoms with Crippen molar-refractivity contribution in [1.82, 2.24) is 9.47 Å². The van der Waals surface area contributed by atoms with Crippen molar-refractivity contribution in [2.45, 2.75) is 13.1 Å². The van der Waals surface area contributed by atoms with Gasteiger partial charge in [0.15, 0.2) is 0 Å². The fourth-order valence-electron chi connectivity index (χ4n) is 4.02. The lowest BCUT2D eigenvalue weighted by Gasteiger charge is -2.16. The van der Waals surface area contributed by atoms with Crippen molar-refractivity contribution in [3.8, 4) is 0 Å². The van der Waals surface area contributed by atoms with Crippen LogP contribution in [-0.4, -0.2) is 40.8 Å². The predicted molar refractivity (Wildman–Crippen MR) is 116 cm³/mol. The van der Waals surface area contributed by atoms with Crippen LogP contribution in [0.5, 0.6) is 0 Å². The Morgan fingerprint density at radius 3 is 2.58 bits per heavy atom. The number of nitrogens with zero attached hydrogens (tertiary/aromatic N) is 2. The highest BCUT2D eigenvalue weighted by Crippen LogP contribution is 2.30. The van der Waals surface area contributed by atoms with Gasteiger partial charge in [0.05, 0.1) is 13.7 Å². The molecule has 4 rings (SSSR count). The second-order valence-corrected chi connectivity index (χ2v) is 7.34. The summed E-state index contributed by atoms with van der Waals surface area (Å²) in [6.45, 7) is 0.316. The molecule has 1 N–H and O–H groups in total. The number of benzene rings is 3. The second-order valence-electron chi connectivity index (χ2n) is 7.34. The number of halogens is 1. The average molecular weight is 420 g/mol. The van der Waals surface area contributed by atoms with E-state index in [1.54, 1.807) is 17.7 Å². The minimum Gasteiger partial charge on any atom is -0.477 e. The van der Waals surface area contributed by atoms with E-state index < -0.39 is 12.1 Å². The molecule has 31 heavy (non-hydrogen) atoms. The van der Waals surface area contributed by atoms with E-state index in [2.05, 4.69) is 0 Å². The molecule has 0 saturated heterocycles. The van der Waals surface area contributed by atoms with Crippen molar-refractivity contribution in [2.24, 2.45) is 0 Å². The van der Waals surface area contributed by atoms with Crippen LogP contribution in [0.1, 0.15) is 21.6 Å². The molecule has 6 nitrogen and oxygen atoms in total. The van der Waals surface area contributed by atoms with E-state index in [1.165, 1.54) is 24.1 Å². The zero-order chi connectivity index (χ0) is 22.1. The molecule has 1 heterocycles. The highest BCUT2D eigenvalue weighted by molar-refractivity contribution is 5.98. The zero-order valence-corrected chi connectivity index (χ0v) is 17.1. The molecule has 0 fully saturated rings. The summed E-state index contributed by atoms with van der Waals surface area (Å²) in [7, 11) is 2.83. The van der Waals surface area contributed by atoms with Crippen molar-refractivity contribution in [3.05, 3.63) is 83.3 Å². The number of carbonyl (C=O) groups excluding carboxylic acids is 1. The number of carboxylic acids is 1. The number of rotatable bonds is 5. The van der Waals surface area contributed by atoms with Crippen molar-refractivity contribution < 1.29 is 23.8 Å². The molecule has 7 heteroatoms. The van der Waals surface area contributed by atoms with E-state index >= 15 is 0 Å². The van der Waals surface area contributed by atoms with E-state index in [4.69, 9.17) is 4.74 Å². The van der Waals surface area contributed by atoms with E-state index in [9.17, 15) is 19.1 Å². The summed E-state index contributed by atoms with van der Waals surface area (Å²) in [5.74, 6) is -1.45. The number of hydrogen-bond donors (Lipinski definition) is 1. The lowest BCUT2D eigenvalue weighted by atomic mass is 10.0. The third-order valence-corrected chi connectivity index (χ3v) is 5.42. The quantitative estimate of drug-likeness (QED) is 0.500. The molecule has 0 aliphatic carbocycles. The van der Waals surface area contributed by atoms with Crippen LogP contribution in [0.4, 0.5) is 9.18 Å². The molecule has 0 bridgehead atoms. The molecule has 0 unspecified atom stereocenters. The van der Waals surface area contributed by atoms with Crippen LogP contribution in [0.2, 0.25) is 0 Å². The van der Waals surface area contributed by atoms with Crippen LogP contribution in [-0.2, 0) is 17.8 Å². The van der Waals surface area contributed by atoms with E-state index in [1.807, 2.05) is 42.5 Å². The third-order valence-electron chi connectivity index (χ3n) is 5.42. The van der Waals surface area contributed by atoms with Crippen LogP contribution in [0.3, 0.4) is 0 Å². The molecule has 158 valence electrons. The number of aromatic nitrogens is 1. The molecule has 4 aromatic rings. The van der Waals surface area contributed by atoms with Gasteiger partial charge in [-0.3, -0.25) is 0 Å². The van der Waals surface area contributed by atoms with Gasteiger partial charge in [-0.2, -0.15) is 0 Å². The summed E-state index contributed by atoms with van der Waals surface area (Å²) in [6, 6.07) is 17.5. The molecular weight excluding hydrogens is 399 g/mol. The number of carboxylic acid groups (broad SMARTS) is 1. The van der Waals surface area contributed by atoms with Crippen molar-refractivity contribution in [1.29, 1.82) is 0 Å². The Morgan fingerprint density at radius 1 is 1.06 bits per heavy atom. The van der Waals surface area contributed by atoms with Gasteiger partial charge in [0.2, 0.25) is 0 Å². The SMILES string of the molecule is COC(=O)N(C)Cc1c(C(=O)O)n(Cc2cccc3ccc(F)cc23)c2ccccc12. The Bertz CT molecular complexity index is 1310. The van der Waals surface area contributed by atoms with E-state index in [0.717, 1.165) is 27.2 Å². The first kappa shape index (κ1) is 20.4. The minimum absolute atomic E-state index is 0.0754. The number of aromatic carboxylic acids is 1. The Balaban J connectivity index is 1.91. The molecule has 1 amide bonds. The lowest BCUT2D eigenvalue weighted by molar-refractivity contribution is 0.0682. The molecule has 0 radical (unpaired) electrons. The summed E-state index contributed by atoms with van der Waals surface area (Å²) in [4.78, 5) is 25.6. The zero-order valence-electron chi connectivity index (χ0n) is 17.1. The minimum atomic E-state index is -1.10. The smallest absolute Gasteiger partial charge is 0.409 e. The maximum absolute atomic E-state index is 13.9. The summed E-state index contributed by atoms with van der Waals surface area (Å²) < 4.78 is 20.4. The standard InChI is InChI=1S/C24H21FN2O4/c1-26(24(30)31-2)14-20-18-8-3-4-9-21(18)27(22(20)23(28)29)13-16-7-5-6-15-10-11-17(25)12-19(15)16/h3-12H,13-14H2,1-2H3,(H,28,29). The van der Waals surface area contributed by atoms with Crippen LogP contribution in [0.25, 0.3) is 21.7 Å². The number of fused-ring (bicyclic) bond motifs is 2. The fraction of sp³-hybridized carbons (Fsp3) is 0.167. The number of ether oxygens (including phenoxy) is 1. The van der Waals surface area contributed by atoms with Crippen molar-refractivity contribution in [3.63, 3.8) is 0 Å². The van der Waals surface area contributed by atoms with E-state index in [-0.39, 0.29) is 24.6 Å². The number of carbonyl (C=O) groups is 2. The van der Waals surface area contributed by atoms with Crippen molar-refractivity contribution in [2.75, 3.05) is 14.2 Å². The molecule has 0 spiro atoms. The van der Waals surface area contributed by atoms with E-state index in [0.29, 0.717) is 5.56 Å². The van der Waals surface area contributed by atoms with Gasteiger partial charge in [-0.25, -0.2) is 14.0 Å². The molecule has 0 aliphatic heterocycles. The predicted octanol–water partition coefficient (Wildman–Crippen LogP) is 4.88. The van der Waals surface area contributed by atoms with Gasteiger partial charge < -0.3 is 19.3 Å². The topological polar surface area (TPSA) is 71.8 Å². The number of hydrogen-bond acceptors (Lipinski definition) is 3. The molecule has 0 atom stereocenters. The van der Waals surface area contributed by atoms with Gasteiger partial charge >= 0.3 is 12.1 Å². The monoisotopic (exact) mass is 420 g/mol. The Labute approximate surface area is 178 Å². The summed E-state index contributed by atoms with van der Waals surface area (Å²) in [6.07, 6.45) is -0.558. The molecular formula is C24H21FN2O4. The largest absolute Gasteiger partial charge is 0.477 e. The van der Waals surface area contributed by atoms with Crippen LogP contribution in [0, 0.1) is 5.82 Å². The number of para-hydroxylation sites is 1. The van der Waals surface area contributed by atoms with Gasteiger partial charge in [0.25, 0.3) is 0 Å². The molecule has 3 aromatic carbocycles. The highest BCUT2D eigenvalue weighted by atomic mass is 19.1. The third kappa shape index (κ3) is 3.70. The summed E-state index contributed by atoms with van der Waals surface area (Å²) >= 11 is 0. The second kappa shape index (κ2) is 8.10. The first-order chi connectivity index (χ1) is 14.9. The van der Waals surface area contributed by atoms with Gasteiger partial charge in [0.1, 0.15) is 11.5 Å².